The second-order valence-electron chi connectivity index (χ2n) is 9.83. The Bertz CT molecular complexity index is 1080. The molecule has 3 heterocycles. The molecule has 3 aliphatic rings. The van der Waals surface area contributed by atoms with Crippen molar-refractivity contribution in [3.8, 4) is 0 Å². The third-order valence-corrected chi connectivity index (χ3v) is 10.1. The second-order valence-corrected chi connectivity index (χ2v) is 12.1. The third kappa shape index (κ3) is 3.98. The highest BCUT2D eigenvalue weighted by molar-refractivity contribution is 8.02. The first-order chi connectivity index (χ1) is 17.2. The number of ether oxygens (including phenoxy) is 1. The molecule has 7 nitrogen and oxygen atoms in total. The second kappa shape index (κ2) is 10.2. The highest BCUT2D eigenvalue weighted by atomic mass is 35.5. The van der Waals surface area contributed by atoms with E-state index in [-0.39, 0.29) is 31.6 Å². The van der Waals surface area contributed by atoms with Crippen LogP contribution in [-0.2, 0) is 19.1 Å². The highest BCUT2D eigenvalue weighted by Crippen LogP contribution is 2.71. The molecule has 1 N–H and O–H groups in total. The van der Waals surface area contributed by atoms with Crippen LogP contribution in [0.2, 0.25) is 5.02 Å². The minimum atomic E-state index is -0.868. The Labute approximate surface area is 221 Å². The van der Waals surface area contributed by atoms with Gasteiger partial charge in [0.25, 0.3) is 5.91 Å². The maximum Gasteiger partial charge on any atom is 0.311 e. The smallest absolute Gasteiger partial charge is 0.311 e. The van der Waals surface area contributed by atoms with Gasteiger partial charge in [-0.2, -0.15) is 0 Å². The van der Waals surface area contributed by atoms with Gasteiger partial charge in [-0.1, -0.05) is 49.4 Å². The molecule has 1 spiro atoms. The van der Waals surface area contributed by atoms with Gasteiger partial charge in [-0.3, -0.25) is 14.4 Å². The van der Waals surface area contributed by atoms with E-state index in [9.17, 15) is 19.5 Å². The van der Waals surface area contributed by atoms with Gasteiger partial charge in [-0.15, -0.1) is 18.3 Å². The fraction of sp³-hybridized carbons (Fsp3) is 0.519. The average Bonchev–Trinajstić information content (AvgIpc) is 3.43. The molecule has 194 valence electrons. The van der Waals surface area contributed by atoms with E-state index in [0.29, 0.717) is 30.0 Å². The summed E-state index contributed by atoms with van der Waals surface area (Å²) >= 11 is 8.05. The van der Waals surface area contributed by atoms with Gasteiger partial charge in [-0.25, -0.2) is 0 Å². The summed E-state index contributed by atoms with van der Waals surface area (Å²) in [5.41, 5.74) is 0.527. The molecule has 9 heteroatoms. The largest absolute Gasteiger partial charge is 0.461 e. The van der Waals surface area contributed by atoms with E-state index in [4.69, 9.17) is 16.3 Å². The Balaban J connectivity index is 1.84. The number of hydrogen-bond acceptors (Lipinski definition) is 6. The van der Waals surface area contributed by atoms with Crippen LogP contribution < -0.4 is 4.90 Å². The molecule has 3 aliphatic heterocycles. The molecule has 1 aromatic carbocycles. The van der Waals surface area contributed by atoms with Crippen molar-refractivity contribution in [2.75, 3.05) is 24.7 Å². The topological polar surface area (TPSA) is 87.1 Å². The number of nitrogens with zero attached hydrogens (tertiary/aromatic N) is 2. The Morgan fingerprint density at radius 3 is 2.67 bits per heavy atom. The first-order valence-corrected chi connectivity index (χ1v) is 13.5. The lowest BCUT2D eigenvalue weighted by atomic mass is 9.66. The molecule has 6 atom stereocenters. The van der Waals surface area contributed by atoms with E-state index >= 15 is 0 Å². The average molecular weight is 533 g/mol. The molecule has 0 radical (unpaired) electrons. The van der Waals surface area contributed by atoms with Crippen molar-refractivity contribution < 1.29 is 24.2 Å². The number of rotatable bonds is 10. The molecule has 3 saturated heterocycles. The van der Waals surface area contributed by atoms with Crippen molar-refractivity contribution >= 4 is 46.8 Å². The first-order valence-electron chi connectivity index (χ1n) is 12.3. The van der Waals surface area contributed by atoms with Gasteiger partial charge in [0.2, 0.25) is 5.91 Å². The number of aliphatic hydroxyl groups is 1. The summed E-state index contributed by atoms with van der Waals surface area (Å²) in [7, 11) is 0. The Hall–Kier alpha value is -2.29. The summed E-state index contributed by atoms with van der Waals surface area (Å²) in [6.07, 6.45) is 4.87. The SMILES string of the molecule is C=CCOC(=O)[C@@H]1[C@H]2C(=O)N([C@@H](CC)CO)C(C(=O)N(CC=C)c3ccccc3Cl)C23CC[C@@]1(C)S3. The zero-order chi connectivity index (χ0) is 26.3. The Morgan fingerprint density at radius 1 is 1.33 bits per heavy atom. The Kier molecular flexibility index (Phi) is 7.60. The molecule has 4 rings (SSSR count). The van der Waals surface area contributed by atoms with Crippen molar-refractivity contribution in [2.24, 2.45) is 11.8 Å². The van der Waals surface area contributed by atoms with Crippen LogP contribution in [0.15, 0.2) is 49.6 Å². The summed E-state index contributed by atoms with van der Waals surface area (Å²) < 4.78 is 4.10. The predicted molar refractivity (Wildman–Crippen MR) is 142 cm³/mol. The zero-order valence-electron chi connectivity index (χ0n) is 20.7. The van der Waals surface area contributed by atoms with Crippen molar-refractivity contribution in [2.45, 2.75) is 54.7 Å². The van der Waals surface area contributed by atoms with E-state index in [1.54, 1.807) is 51.9 Å². The van der Waals surface area contributed by atoms with Crippen molar-refractivity contribution in [3.05, 3.63) is 54.6 Å². The molecule has 0 aromatic heterocycles. The molecular formula is C27H33ClN2O5S. The number of halogens is 1. The summed E-state index contributed by atoms with van der Waals surface area (Å²) in [5.74, 6) is -2.41. The maximum absolute atomic E-state index is 14.5. The maximum atomic E-state index is 14.5. The number of fused-ring (bicyclic) bond motifs is 1. The molecule has 36 heavy (non-hydrogen) atoms. The number of carbonyl (C=O) groups is 3. The van der Waals surface area contributed by atoms with Gasteiger partial charge >= 0.3 is 5.97 Å². The van der Waals surface area contributed by atoms with Crippen LogP contribution in [0, 0.1) is 11.8 Å². The number of carbonyl (C=O) groups excluding carboxylic acids is 3. The zero-order valence-corrected chi connectivity index (χ0v) is 22.3. The normalized spacial score (nSPS) is 31.2. The number of benzene rings is 1. The molecule has 1 aromatic rings. The highest BCUT2D eigenvalue weighted by Gasteiger charge is 2.78. The minimum Gasteiger partial charge on any atom is -0.461 e. The third-order valence-electron chi connectivity index (χ3n) is 7.84. The van der Waals surface area contributed by atoms with E-state index in [0.717, 1.165) is 0 Å². The first kappa shape index (κ1) is 26.8. The van der Waals surface area contributed by atoms with Crippen molar-refractivity contribution in [1.82, 2.24) is 4.90 Å². The molecule has 2 amide bonds. The molecule has 2 unspecified atom stereocenters. The van der Waals surface area contributed by atoms with Crippen molar-refractivity contribution in [1.29, 1.82) is 0 Å². The van der Waals surface area contributed by atoms with Gasteiger partial charge in [0.05, 0.1) is 39.9 Å². The van der Waals surface area contributed by atoms with E-state index in [1.165, 1.54) is 6.08 Å². The fourth-order valence-electron chi connectivity index (χ4n) is 6.29. The molecule has 2 bridgehead atoms. The van der Waals surface area contributed by atoms with Crippen molar-refractivity contribution in [3.63, 3.8) is 0 Å². The van der Waals surface area contributed by atoms with Crippen LogP contribution in [0.3, 0.4) is 0 Å². The van der Waals surface area contributed by atoms with Crippen LogP contribution in [-0.4, -0.2) is 69.1 Å². The lowest BCUT2D eigenvalue weighted by Gasteiger charge is -2.39. The number of amides is 2. The van der Waals surface area contributed by atoms with E-state index in [2.05, 4.69) is 13.2 Å². The molecular weight excluding hydrogens is 500 g/mol. The number of likely N-dealkylation sites (tertiary alicyclic amines) is 1. The van der Waals surface area contributed by atoms with Gasteiger partial charge < -0.3 is 19.6 Å². The predicted octanol–water partition coefficient (Wildman–Crippen LogP) is 3.84. The van der Waals surface area contributed by atoms with Gasteiger partial charge in [-0.05, 0) is 38.3 Å². The van der Waals surface area contributed by atoms with Crippen LogP contribution in [0.1, 0.15) is 33.1 Å². The number of aliphatic hydroxyl groups excluding tert-OH is 1. The van der Waals surface area contributed by atoms with Crippen LogP contribution in [0.4, 0.5) is 5.69 Å². The monoisotopic (exact) mass is 532 g/mol. The van der Waals surface area contributed by atoms with E-state index < -0.39 is 39.4 Å². The quantitative estimate of drug-likeness (QED) is 0.364. The van der Waals surface area contributed by atoms with Gasteiger partial charge in [0.15, 0.2) is 0 Å². The number of anilines is 1. The number of hydrogen-bond donors (Lipinski definition) is 1. The number of esters is 1. The van der Waals surface area contributed by atoms with Crippen LogP contribution in [0.5, 0.6) is 0 Å². The minimum absolute atomic E-state index is 0.0594. The molecule has 0 aliphatic carbocycles. The summed E-state index contributed by atoms with van der Waals surface area (Å²) in [6, 6.07) is 5.64. The fourth-order valence-corrected chi connectivity index (χ4v) is 8.86. The van der Waals surface area contributed by atoms with Crippen LogP contribution >= 0.6 is 23.4 Å². The van der Waals surface area contributed by atoms with Gasteiger partial charge in [0.1, 0.15) is 12.6 Å². The summed E-state index contributed by atoms with van der Waals surface area (Å²) in [4.78, 5) is 44.9. The molecule has 0 saturated carbocycles. The standard InChI is InChI=1S/C27H33ClN2O5S/c1-5-14-29(19-11-9-8-10-18(19)28)24(33)22-27-13-12-26(4,36-27)21(25(34)35-15-6-2)20(27)23(32)30(22)17(7-3)16-31/h5-6,8-11,17,20-22,31H,1-2,7,12-16H2,3-4H3/t17-,20-,21-,22?,26+,27?/m0/s1. The van der Waals surface area contributed by atoms with Gasteiger partial charge in [0, 0.05) is 11.3 Å². The van der Waals surface area contributed by atoms with Crippen LogP contribution in [0.25, 0.3) is 0 Å². The number of thioether (sulfide) groups is 1. The summed E-state index contributed by atoms with van der Waals surface area (Å²) in [6.45, 7) is 11.3. The lowest BCUT2D eigenvalue weighted by Crippen LogP contribution is -2.57. The summed E-state index contributed by atoms with van der Waals surface area (Å²) in [5, 5.41) is 10.6. The lowest BCUT2D eigenvalue weighted by molar-refractivity contribution is -0.155. The van der Waals surface area contributed by atoms with E-state index in [1.807, 2.05) is 13.8 Å². The Morgan fingerprint density at radius 2 is 2.06 bits per heavy atom. The number of para-hydroxylation sites is 1. The molecule has 3 fully saturated rings.